The number of fused-ring (bicyclic) bond motifs is 2. The van der Waals surface area contributed by atoms with Gasteiger partial charge in [0.15, 0.2) is 0 Å². The second kappa shape index (κ2) is 12.7. The monoisotopic (exact) mass is 662 g/mol. The molecule has 0 heterocycles. The van der Waals surface area contributed by atoms with E-state index < -0.39 is 38.9 Å². The third kappa shape index (κ3) is 6.45. The third-order valence-electron chi connectivity index (χ3n) is 13.5. The van der Waals surface area contributed by atoms with Crippen LogP contribution in [0.1, 0.15) is 112 Å². The number of hydrogen-bond donors (Lipinski definition) is 0. The van der Waals surface area contributed by atoms with Gasteiger partial charge in [-0.05, 0) is 109 Å². The molecule has 5 aliphatic rings. The fourth-order valence-electron chi connectivity index (χ4n) is 11.9. The van der Waals surface area contributed by atoms with Crippen molar-refractivity contribution in [3.8, 4) is 0 Å². The maximum Gasteiger partial charge on any atom is 1.00 e. The van der Waals surface area contributed by atoms with Crippen LogP contribution in [0, 0.1) is 56.7 Å². The Balaban J connectivity index is 0.00000253. The van der Waals surface area contributed by atoms with Crippen molar-refractivity contribution in [3.63, 3.8) is 0 Å². The van der Waals surface area contributed by atoms with Gasteiger partial charge in [-0.2, -0.15) is 0 Å². The summed E-state index contributed by atoms with van der Waals surface area (Å²) in [4.78, 5) is 12.8. The average molecular weight is 663 g/mol. The molecule has 5 saturated carbocycles. The van der Waals surface area contributed by atoms with E-state index in [0.717, 1.165) is 44.9 Å². The molecule has 0 radical (unpaired) electrons. The van der Waals surface area contributed by atoms with E-state index >= 15 is 0 Å². The minimum Gasteiger partial charge on any atom is -0.726 e. The summed E-state index contributed by atoms with van der Waals surface area (Å²) in [6.07, 6.45) is 8.26. The zero-order chi connectivity index (χ0) is 30.4. The topological polar surface area (TPSA) is 150 Å². The van der Waals surface area contributed by atoms with Crippen molar-refractivity contribution in [2.24, 2.45) is 56.7 Å². The van der Waals surface area contributed by atoms with Crippen LogP contribution in [0.4, 0.5) is 0 Å². The Morgan fingerprint density at radius 2 is 1.40 bits per heavy atom. The van der Waals surface area contributed by atoms with Crippen LogP contribution in [0.15, 0.2) is 0 Å². The summed E-state index contributed by atoms with van der Waals surface area (Å²) >= 11 is 0. The Labute approximate surface area is 303 Å². The summed E-state index contributed by atoms with van der Waals surface area (Å²) in [5, 5.41) is 0. The van der Waals surface area contributed by atoms with E-state index in [1.54, 1.807) is 6.92 Å². The first-order valence-electron chi connectivity index (χ1n) is 15.5. The second-order valence-corrected chi connectivity index (χ2v) is 17.7. The molecule has 13 heteroatoms. The van der Waals surface area contributed by atoms with Gasteiger partial charge in [0.2, 0.25) is 20.8 Å². The van der Waals surface area contributed by atoms with E-state index in [0.29, 0.717) is 55.1 Å². The molecule has 0 aromatic carbocycles. The molecule has 2 spiro atoms. The number of ketones is 1. The van der Waals surface area contributed by atoms with Crippen LogP contribution in [0.5, 0.6) is 0 Å². The Morgan fingerprint density at radius 1 is 0.791 bits per heavy atom. The Kier molecular flexibility index (Phi) is 11.5. The van der Waals surface area contributed by atoms with Crippen LogP contribution in [-0.2, 0) is 34.0 Å². The largest absolute Gasteiger partial charge is 1.00 e. The second-order valence-electron chi connectivity index (χ2n) is 15.7. The van der Waals surface area contributed by atoms with Gasteiger partial charge in [0.25, 0.3) is 0 Å². The molecular weight excluding hydrogens is 614 g/mol. The smallest absolute Gasteiger partial charge is 0.726 e. The van der Waals surface area contributed by atoms with Crippen molar-refractivity contribution in [1.29, 1.82) is 0 Å². The summed E-state index contributed by atoms with van der Waals surface area (Å²) in [6, 6.07) is 0. The molecule has 0 amide bonds. The summed E-state index contributed by atoms with van der Waals surface area (Å²) < 4.78 is 79.2. The van der Waals surface area contributed by atoms with Crippen LogP contribution >= 0.6 is 0 Å². The first-order valence-corrected chi connectivity index (χ1v) is 18.2. The molecule has 0 unspecified atom stereocenters. The predicted molar refractivity (Wildman–Crippen MR) is 150 cm³/mol. The first-order chi connectivity index (χ1) is 18.7. The Bertz CT molecular complexity index is 1290. The molecular formula is C30H48Na2O9S2. The van der Waals surface area contributed by atoms with Crippen LogP contribution in [0.2, 0.25) is 0 Å². The van der Waals surface area contributed by atoms with Gasteiger partial charge in [-0.1, -0.05) is 41.5 Å². The zero-order valence-electron chi connectivity index (χ0n) is 27.4. The molecule has 5 rings (SSSR count). The van der Waals surface area contributed by atoms with Crippen LogP contribution in [0.25, 0.3) is 0 Å². The molecule has 236 valence electrons. The molecule has 0 N–H and O–H groups in total. The molecule has 5 aliphatic carbocycles. The zero-order valence-corrected chi connectivity index (χ0v) is 33.1. The van der Waals surface area contributed by atoms with Gasteiger partial charge in [0, 0.05) is 18.3 Å². The van der Waals surface area contributed by atoms with Gasteiger partial charge in [0.05, 0.1) is 12.7 Å². The van der Waals surface area contributed by atoms with E-state index in [-0.39, 0.29) is 86.7 Å². The van der Waals surface area contributed by atoms with Crippen LogP contribution in [-0.4, -0.2) is 44.4 Å². The molecule has 0 aromatic rings. The van der Waals surface area contributed by atoms with Crippen molar-refractivity contribution < 1.29 is 98.2 Å². The van der Waals surface area contributed by atoms with Crippen molar-refractivity contribution in [1.82, 2.24) is 0 Å². The predicted octanol–water partition coefficient (Wildman–Crippen LogP) is -0.623. The van der Waals surface area contributed by atoms with Gasteiger partial charge in [0.1, 0.15) is 5.78 Å². The molecule has 5 fully saturated rings. The van der Waals surface area contributed by atoms with E-state index in [1.807, 2.05) is 0 Å². The summed E-state index contributed by atoms with van der Waals surface area (Å²) in [6.45, 7) is 12.6. The van der Waals surface area contributed by atoms with Crippen molar-refractivity contribution in [3.05, 3.63) is 0 Å². The van der Waals surface area contributed by atoms with E-state index in [1.165, 1.54) is 0 Å². The summed E-state index contributed by atoms with van der Waals surface area (Å²) in [7, 11) is -10.0. The van der Waals surface area contributed by atoms with Crippen molar-refractivity contribution in [2.75, 3.05) is 6.61 Å². The standard InChI is InChI=1S/C30H50O9S2.2Na/c1-19(2)15-21(31)16-20(3)22-9-11-28(6)24-8-7-23-26(4,18-38-40(32,33)34)25(39-41(35,36)37)10-12-29(23)17-30(24,29)14-13-27(22,28)5;;/h19-20,22-25H,7-18H2,1-6H3,(H,32,33,34)(H,35,36,37);;/q;2*+1/p-2/t20-,22-,23+,24+,25+,26+,27-,28+,29-,30+;;/m1../s1. The average Bonchev–Trinajstić information content (AvgIpc) is 3.40. The fourth-order valence-corrected chi connectivity index (χ4v) is 12.9. The van der Waals surface area contributed by atoms with Gasteiger partial charge in [-0.15, -0.1) is 0 Å². The van der Waals surface area contributed by atoms with Crippen molar-refractivity contribution in [2.45, 2.75) is 118 Å². The number of carbonyl (C=O) groups excluding carboxylic acids is 1. The molecule has 10 atom stereocenters. The minimum atomic E-state index is -5.03. The maximum absolute atomic E-state index is 12.8. The van der Waals surface area contributed by atoms with Gasteiger partial charge < -0.3 is 9.11 Å². The van der Waals surface area contributed by atoms with E-state index in [2.05, 4.69) is 34.6 Å². The minimum absolute atomic E-state index is 0. The summed E-state index contributed by atoms with van der Waals surface area (Å²) in [5.74, 6) is 1.91. The first kappa shape index (κ1) is 38.9. The third-order valence-corrected chi connectivity index (χ3v) is 14.4. The SMILES string of the molecule is CC(C)CC(=O)C[C@@H](C)[C@H]1CC[C@@]2(C)[C@@H]3CC[C@H]4[C@](C)(COS(=O)(=O)[O-])[C@@H](OS(=O)(=O)[O-])CC[C@@]45C[C@@]35CC[C@]12C.[Na+].[Na+]. The number of Topliss-reactive ketones (excluding diaryl/α,β-unsaturated/α-hetero) is 1. The summed E-state index contributed by atoms with van der Waals surface area (Å²) in [5.41, 5.74) is -0.927. The molecule has 0 saturated heterocycles. The van der Waals surface area contributed by atoms with Crippen molar-refractivity contribution >= 4 is 26.6 Å². The fraction of sp³-hybridized carbons (Fsp3) is 0.967. The molecule has 9 nitrogen and oxygen atoms in total. The van der Waals surface area contributed by atoms with Crippen LogP contribution in [0.3, 0.4) is 0 Å². The normalized spacial score (nSPS) is 44.1. The quantitative estimate of drug-likeness (QED) is 0.169. The molecule has 0 bridgehead atoms. The molecule has 43 heavy (non-hydrogen) atoms. The van der Waals surface area contributed by atoms with Crippen LogP contribution < -0.4 is 59.1 Å². The number of carbonyl (C=O) groups is 1. The van der Waals surface area contributed by atoms with Gasteiger partial charge in [-0.3, -0.25) is 13.2 Å². The molecule has 0 aliphatic heterocycles. The van der Waals surface area contributed by atoms with Gasteiger partial charge in [-0.25, -0.2) is 16.8 Å². The Morgan fingerprint density at radius 3 is 1.98 bits per heavy atom. The van der Waals surface area contributed by atoms with Gasteiger partial charge >= 0.3 is 59.1 Å². The molecule has 0 aromatic heterocycles. The van der Waals surface area contributed by atoms with E-state index in [9.17, 15) is 30.7 Å². The van der Waals surface area contributed by atoms with E-state index in [4.69, 9.17) is 8.37 Å². The maximum atomic E-state index is 12.8. The number of hydrogen-bond acceptors (Lipinski definition) is 9. The number of rotatable bonds is 10. The Hall–Kier alpha value is 1.41.